The lowest BCUT2D eigenvalue weighted by Crippen LogP contribution is -2.07. The topological polar surface area (TPSA) is 25.2 Å². The molecule has 2 aromatic carbocycles. The number of hydrogen-bond donors (Lipinski definition) is 1. The first-order valence-electron chi connectivity index (χ1n) is 7.43. The lowest BCUT2D eigenvalue weighted by atomic mass is 10.0. The van der Waals surface area contributed by atoms with E-state index in [2.05, 4.69) is 35.6 Å². The van der Waals surface area contributed by atoms with Crippen LogP contribution in [-0.4, -0.2) is 13.6 Å². The summed E-state index contributed by atoms with van der Waals surface area (Å²) in [4.78, 5) is 0. The highest BCUT2D eigenvalue weighted by Crippen LogP contribution is 2.29. The highest BCUT2D eigenvalue weighted by atomic mass is 16.3. The number of unbranched alkanes of at least 4 members (excludes halogenated alkanes) is 2. The van der Waals surface area contributed by atoms with Crippen LogP contribution in [0.15, 0.2) is 46.9 Å². The third-order valence-corrected chi connectivity index (χ3v) is 3.83. The number of rotatable bonds is 6. The molecule has 2 nitrogen and oxygen atoms in total. The number of hydrogen-bond acceptors (Lipinski definition) is 2. The van der Waals surface area contributed by atoms with Crippen molar-refractivity contribution in [2.45, 2.75) is 25.7 Å². The van der Waals surface area contributed by atoms with Crippen molar-refractivity contribution in [2.75, 3.05) is 13.6 Å². The van der Waals surface area contributed by atoms with Crippen molar-refractivity contribution in [3.05, 3.63) is 48.0 Å². The van der Waals surface area contributed by atoms with Gasteiger partial charge in [-0.3, -0.25) is 0 Å². The highest BCUT2D eigenvalue weighted by molar-refractivity contribution is 6.04. The quantitative estimate of drug-likeness (QED) is 0.664. The van der Waals surface area contributed by atoms with E-state index in [1.165, 1.54) is 35.6 Å². The van der Waals surface area contributed by atoms with Gasteiger partial charge in [-0.15, -0.1) is 0 Å². The van der Waals surface area contributed by atoms with Crippen molar-refractivity contribution in [2.24, 2.45) is 0 Å². The third kappa shape index (κ3) is 2.70. The Bertz CT molecular complexity index is 699. The number of benzene rings is 2. The maximum Gasteiger partial charge on any atom is 0.135 e. The first-order chi connectivity index (χ1) is 9.88. The molecule has 0 aliphatic heterocycles. The van der Waals surface area contributed by atoms with Gasteiger partial charge in [0.2, 0.25) is 0 Å². The number of para-hydroxylation sites is 1. The molecule has 0 saturated heterocycles. The zero-order valence-electron chi connectivity index (χ0n) is 12.0. The molecule has 104 valence electrons. The second-order valence-corrected chi connectivity index (χ2v) is 5.34. The Hall–Kier alpha value is -1.80. The van der Waals surface area contributed by atoms with Crippen LogP contribution in [0, 0.1) is 0 Å². The summed E-state index contributed by atoms with van der Waals surface area (Å²) in [5, 5.41) is 5.66. The fourth-order valence-corrected chi connectivity index (χ4v) is 2.74. The van der Waals surface area contributed by atoms with Gasteiger partial charge in [0.1, 0.15) is 11.2 Å². The zero-order chi connectivity index (χ0) is 13.8. The lowest BCUT2D eigenvalue weighted by Gasteiger charge is -2.02. The maximum absolute atomic E-state index is 5.86. The van der Waals surface area contributed by atoms with E-state index in [1.54, 1.807) is 0 Å². The predicted octanol–water partition coefficient (Wildman–Crippen LogP) is 4.52. The number of fused-ring (bicyclic) bond motifs is 3. The van der Waals surface area contributed by atoms with Crippen LogP contribution in [0.2, 0.25) is 0 Å². The largest absolute Gasteiger partial charge is 0.456 e. The molecule has 2 heteroatoms. The van der Waals surface area contributed by atoms with Crippen LogP contribution < -0.4 is 5.32 Å². The molecule has 0 radical (unpaired) electrons. The fourth-order valence-electron chi connectivity index (χ4n) is 2.74. The Balaban J connectivity index is 1.77. The molecule has 0 unspecified atom stereocenters. The van der Waals surface area contributed by atoms with Gasteiger partial charge in [-0.2, -0.15) is 0 Å². The van der Waals surface area contributed by atoms with Crippen LogP contribution in [0.1, 0.15) is 24.8 Å². The van der Waals surface area contributed by atoms with Crippen molar-refractivity contribution >= 4 is 21.9 Å². The van der Waals surface area contributed by atoms with Crippen molar-refractivity contribution in [3.8, 4) is 0 Å². The van der Waals surface area contributed by atoms with Gasteiger partial charge in [-0.05, 0) is 56.6 Å². The van der Waals surface area contributed by atoms with Crippen molar-refractivity contribution in [1.29, 1.82) is 0 Å². The minimum atomic E-state index is 0.980. The summed E-state index contributed by atoms with van der Waals surface area (Å²) in [5.74, 6) is 0. The Labute approximate surface area is 119 Å². The monoisotopic (exact) mass is 267 g/mol. The molecule has 3 rings (SSSR count). The molecular formula is C18H21NO. The molecule has 1 heterocycles. The van der Waals surface area contributed by atoms with Crippen LogP contribution in [0.5, 0.6) is 0 Å². The summed E-state index contributed by atoms with van der Waals surface area (Å²) >= 11 is 0. The number of furan rings is 1. The van der Waals surface area contributed by atoms with Gasteiger partial charge in [-0.25, -0.2) is 0 Å². The average Bonchev–Trinajstić information content (AvgIpc) is 2.85. The Morgan fingerprint density at radius 2 is 1.75 bits per heavy atom. The molecule has 20 heavy (non-hydrogen) atoms. The zero-order valence-corrected chi connectivity index (χ0v) is 12.0. The SMILES string of the molecule is CNCCCCCc1ccc2oc3ccccc3c2c1. The molecule has 0 atom stereocenters. The molecule has 0 aliphatic rings. The predicted molar refractivity (Wildman–Crippen MR) is 85.2 cm³/mol. The van der Waals surface area contributed by atoms with Gasteiger partial charge < -0.3 is 9.73 Å². The van der Waals surface area contributed by atoms with Gasteiger partial charge in [0.15, 0.2) is 0 Å². The summed E-state index contributed by atoms with van der Waals surface area (Å²) in [6, 6.07) is 14.9. The molecule has 0 bridgehead atoms. The van der Waals surface area contributed by atoms with E-state index in [9.17, 15) is 0 Å². The summed E-state index contributed by atoms with van der Waals surface area (Å²) in [6.45, 7) is 1.12. The van der Waals surface area contributed by atoms with Crippen LogP contribution >= 0.6 is 0 Å². The lowest BCUT2D eigenvalue weighted by molar-refractivity contribution is 0.642. The van der Waals surface area contributed by atoms with Crippen LogP contribution in [0.4, 0.5) is 0 Å². The van der Waals surface area contributed by atoms with Crippen LogP contribution in [-0.2, 0) is 6.42 Å². The van der Waals surface area contributed by atoms with E-state index in [0.717, 1.165) is 24.1 Å². The van der Waals surface area contributed by atoms with Crippen LogP contribution in [0.3, 0.4) is 0 Å². The van der Waals surface area contributed by atoms with Crippen molar-refractivity contribution in [1.82, 2.24) is 5.32 Å². The summed E-state index contributed by atoms with van der Waals surface area (Å²) in [5.41, 5.74) is 3.38. The smallest absolute Gasteiger partial charge is 0.135 e. The molecule has 0 fully saturated rings. The number of aryl methyl sites for hydroxylation is 1. The average molecular weight is 267 g/mol. The van der Waals surface area contributed by atoms with E-state index in [0.29, 0.717) is 0 Å². The molecule has 0 saturated carbocycles. The molecule has 1 aromatic heterocycles. The van der Waals surface area contributed by atoms with E-state index >= 15 is 0 Å². The summed E-state index contributed by atoms with van der Waals surface area (Å²) in [7, 11) is 2.01. The highest BCUT2D eigenvalue weighted by Gasteiger charge is 2.06. The molecule has 3 aromatic rings. The normalized spacial score (nSPS) is 11.4. The maximum atomic E-state index is 5.86. The fraction of sp³-hybridized carbons (Fsp3) is 0.333. The second-order valence-electron chi connectivity index (χ2n) is 5.34. The van der Waals surface area contributed by atoms with E-state index in [4.69, 9.17) is 4.42 Å². The number of nitrogens with one attached hydrogen (secondary N) is 1. The minimum Gasteiger partial charge on any atom is -0.456 e. The third-order valence-electron chi connectivity index (χ3n) is 3.83. The molecule has 1 N–H and O–H groups in total. The van der Waals surface area contributed by atoms with E-state index < -0.39 is 0 Å². The Kier molecular flexibility index (Phi) is 4.03. The van der Waals surface area contributed by atoms with Gasteiger partial charge in [0.05, 0.1) is 0 Å². The Morgan fingerprint density at radius 1 is 0.900 bits per heavy atom. The van der Waals surface area contributed by atoms with Gasteiger partial charge >= 0.3 is 0 Å². The Morgan fingerprint density at radius 3 is 2.65 bits per heavy atom. The summed E-state index contributed by atoms with van der Waals surface area (Å²) < 4.78 is 5.86. The minimum absolute atomic E-state index is 0.980. The van der Waals surface area contributed by atoms with E-state index in [-0.39, 0.29) is 0 Å². The van der Waals surface area contributed by atoms with Gasteiger partial charge in [0.25, 0.3) is 0 Å². The standard InChI is InChI=1S/C18H21NO/c1-19-12-6-2-3-7-14-10-11-18-16(13-14)15-8-4-5-9-17(15)20-18/h4-5,8-11,13,19H,2-3,6-7,12H2,1H3. The van der Waals surface area contributed by atoms with E-state index in [1.807, 2.05) is 19.2 Å². The van der Waals surface area contributed by atoms with Gasteiger partial charge in [0, 0.05) is 10.8 Å². The van der Waals surface area contributed by atoms with Crippen molar-refractivity contribution < 1.29 is 4.42 Å². The molecular weight excluding hydrogens is 246 g/mol. The second kappa shape index (κ2) is 6.10. The first kappa shape index (κ1) is 13.2. The van der Waals surface area contributed by atoms with Crippen LogP contribution in [0.25, 0.3) is 21.9 Å². The first-order valence-corrected chi connectivity index (χ1v) is 7.43. The van der Waals surface area contributed by atoms with Gasteiger partial charge in [-0.1, -0.05) is 30.7 Å². The summed E-state index contributed by atoms with van der Waals surface area (Å²) in [6.07, 6.45) is 4.94. The molecule has 0 amide bonds. The molecule has 0 spiro atoms. The van der Waals surface area contributed by atoms with Crippen molar-refractivity contribution in [3.63, 3.8) is 0 Å². The molecule has 0 aliphatic carbocycles.